The molecule has 2 atom stereocenters. The second kappa shape index (κ2) is 12.0. The highest BCUT2D eigenvalue weighted by Gasteiger charge is 2.35. The van der Waals surface area contributed by atoms with E-state index in [9.17, 15) is 8.42 Å². The third kappa shape index (κ3) is 6.42. The molecule has 196 valence electrons. The Morgan fingerprint density at radius 1 is 1.22 bits per heavy atom. The number of aromatic nitrogens is 4. The van der Waals surface area contributed by atoms with Crippen molar-refractivity contribution in [1.29, 1.82) is 0 Å². The fourth-order valence-corrected chi connectivity index (χ4v) is 5.12. The van der Waals surface area contributed by atoms with Gasteiger partial charge in [0.1, 0.15) is 11.4 Å². The van der Waals surface area contributed by atoms with Gasteiger partial charge in [0.25, 0.3) is 0 Å². The standard InChI is InChI=1S/C24H27Cl2N7O3S/c1-14(2)11-29-22(27-5)21(36-6)16(4)37(34,35)32-24-31-30-23(17-10-15(3)12-28-13-17)33(24)20-18(25)8-7-9-19(20)26/h7-13,16,21H,5H2,1-4,6H3,(H,31,32)/b29-22-/t16-,21-/m0/s1. The van der Waals surface area contributed by atoms with Crippen LogP contribution < -0.4 is 4.72 Å². The van der Waals surface area contributed by atoms with Crippen molar-refractivity contribution < 1.29 is 13.2 Å². The van der Waals surface area contributed by atoms with Gasteiger partial charge in [0.05, 0.1) is 15.7 Å². The number of allylic oxidation sites excluding steroid dienone is 1. The van der Waals surface area contributed by atoms with Crippen molar-refractivity contribution in [3.63, 3.8) is 0 Å². The number of nitrogens with zero attached hydrogens (tertiary/aromatic N) is 6. The number of halogens is 2. The second-order valence-electron chi connectivity index (χ2n) is 8.36. The summed E-state index contributed by atoms with van der Waals surface area (Å²) in [5.74, 6) is 0.282. The summed E-state index contributed by atoms with van der Waals surface area (Å²) in [6.07, 6.45) is 3.81. The minimum atomic E-state index is -4.14. The average molecular weight is 564 g/mol. The maximum absolute atomic E-state index is 13.5. The van der Waals surface area contributed by atoms with Gasteiger partial charge in [-0.15, -0.1) is 10.2 Å². The zero-order chi connectivity index (χ0) is 27.3. The number of pyridine rings is 1. The van der Waals surface area contributed by atoms with Gasteiger partial charge >= 0.3 is 0 Å². The van der Waals surface area contributed by atoms with E-state index in [4.69, 9.17) is 27.9 Å². The Balaban J connectivity index is 2.13. The van der Waals surface area contributed by atoms with Crippen molar-refractivity contribution in [2.24, 2.45) is 9.98 Å². The topological polar surface area (TPSA) is 124 Å². The number of aryl methyl sites for hydroxylation is 1. The summed E-state index contributed by atoms with van der Waals surface area (Å²) >= 11 is 13.0. The first-order chi connectivity index (χ1) is 17.5. The molecular weight excluding hydrogens is 537 g/mol. The smallest absolute Gasteiger partial charge is 0.243 e. The van der Waals surface area contributed by atoms with E-state index in [1.54, 1.807) is 36.8 Å². The number of para-hydroxylation sites is 1. The zero-order valence-electron chi connectivity index (χ0n) is 21.0. The quantitative estimate of drug-likeness (QED) is 0.285. The van der Waals surface area contributed by atoms with Gasteiger partial charge in [-0.05, 0) is 58.2 Å². The lowest BCUT2D eigenvalue weighted by molar-refractivity contribution is 0.154. The van der Waals surface area contributed by atoms with Gasteiger partial charge in [-0.2, -0.15) is 0 Å². The Morgan fingerprint density at radius 2 is 1.89 bits per heavy atom. The maximum atomic E-state index is 13.5. The van der Waals surface area contributed by atoms with E-state index >= 15 is 0 Å². The molecule has 10 nitrogen and oxygen atoms in total. The predicted molar refractivity (Wildman–Crippen MR) is 149 cm³/mol. The summed E-state index contributed by atoms with van der Waals surface area (Å²) in [7, 11) is -2.77. The van der Waals surface area contributed by atoms with Gasteiger partial charge in [-0.25, -0.2) is 18.4 Å². The first-order valence-electron chi connectivity index (χ1n) is 11.0. The van der Waals surface area contributed by atoms with E-state index < -0.39 is 21.4 Å². The molecule has 37 heavy (non-hydrogen) atoms. The molecule has 0 bridgehead atoms. The molecule has 0 radical (unpaired) electrons. The summed E-state index contributed by atoms with van der Waals surface area (Å²) in [4.78, 5) is 12.3. The molecule has 0 aliphatic rings. The van der Waals surface area contributed by atoms with Crippen LogP contribution in [0.25, 0.3) is 17.1 Å². The second-order valence-corrected chi connectivity index (χ2v) is 11.2. The van der Waals surface area contributed by atoms with Gasteiger partial charge in [-0.1, -0.05) is 34.8 Å². The van der Waals surface area contributed by atoms with Crippen LogP contribution in [0.5, 0.6) is 0 Å². The number of anilines is 1. The molecule has 0 saturated heterocycles. The number of aliphatic imine (C=N–C) groups is 2. The molecule has 0 saturated carbocycles. The van der Waals surface area contributed by atoms with Crippen molar-refractivity contribution in [2.45, 2.75) is 39.0 Å². The van der Waals surface area contributed by atoms with Crippen LogP contribution in [-0.2, 0) is 14.8 Å². The molecule has 1 N–H and O–H groups in total. The normalized spacial score (nSPS) is 13.6. The fourth-order valence-electron chi connectivity index (χ4n) is 3.42. The monoisotopic (exact) mass is 563 g/mol. The number of methoxy groups -OCH3 is 1. The molecule has 0 aliphatic heterocycles. The molecule has 0 aliphatic carbocycles. The van der Waals surface area contributed by atoms with Gasteiger partial charge in [0.15, 0.2) is 11.7 Å². The van der Waals surface area contributed by atoms with Crippen LogP contribution in [0.1, 0.15) is 26.3 Å². The molecule has 13 heteroatoms. The van der Waals surface area contributed by atoms with E-state index in [1.807, 2.05) is 26.8 Å². The van der Waals surface area contributed by atoms with E-state index in [-0.39, 0.29) is 21.8 Å². The van der Waals surface area contributed by atoms with E-state index in [1.165, 1.54) is 18.6 Å². The van der Waals surface area contributed by atoms with Gasteiger partial charge in [0.2, 0.25) is 16.0 Å². The highest BCUT2D eigenvalue weighted by atomic mass is 35.5. The predicted octanol–water partition coefficient (Wildman–Crippen LogP) is 5.11. The molecule has 2 heterocycles. The van der Waals surface area contributed by atoms with E-state index in [0.717, 1.165) is 11.1 Å². The van der Waals surface area contributed by atoms with Crippen LogP contribution in [0.15, 0.2) is 58.4 Å². The van der Waals surface area contributed by atoms with Crippen molar-refractivity contribution >= 4 is 51.7 Å². The minimum absolute atomic E-state index is 0.115. The highest BCUT2D eigenvalue weighted by Crippen LogP contribution is 2.35. The van der Waals surface area contributed by atoms with Gasteiger partial charge in [0, 0.05) is 31.3 Å². The highest BCUT2D eigenvalue weighted by molar-refractivity contribution is 7.93. The van der Waals surface area contributed by atoms with Crippen LogP contribution in [-0.4, -0.2) is 59.2 Å². The first-order valence-corrected chi connectivity index (χ1v) is 13.3. The lowest BCUT2D eigenvalue weighted by Crippen LogP contribution is -2.41. The van der Waals surface area contributed by atoms with Crippen LogP contribution >= 0.6 is 23.2 Å². The summed E-state index contributed by atoms with van der Waals surface area (Å²) in [6, 6.07) is 6.77. The molecule has 3 aromatic rings. The Bertz CT molecular complexity index is 1440. The first kappa shape index (κ1) is 28.5. The number of ether oxygens (including phenoxy) is 1. The number of amidine groups is 1. The Morgan fingerprint density at radius 3 is 2.46 bits per heavy atom. The summed E-state index contributed by atoms with van der Waals surface area (Å²) in [5.41, 5.74) is 2.66. The molecule has 0 fully saturated rings. The van der Waals surface area contributed by atoms with E-state index in [0.29, 0.717) is 17.1 Å². The SMILES string of the molecule is C=N/C(=N\C=C(C)C)[C@@H](OC)[C@H](C)S(=O)(=O)Nc1nnc(-c2cncc(C)c2)n1-c1c(Cl)cccc1Cl. The van der Waals surface area contributed by atoms with Crippen LogP contribution in [0.3, 0.4) is 0 Å². The van der Waals surface area contributed by atoms with Crippen molar-refractivity contribution in [2.75, 3.05) is 11.8 Å². The zero-order valence-corrected chi connectivity index (χ0v) is 23.3. The maximum Gasteiger partial charge on any atom is 0.243 e. The lowest BCUT2D eigenvalue weighted by Gasteiger charge is -2.23. The fraction of sp³-hybridized carbons (Fsp3) is 0.292. The largest absolute Gasteiger partial charge is 0.372 e. The molecular formula is C24H27Cl2N7O3S. The van der Waals surface area contributed by atoms with Gasteiger partial charge in [-0.3, -0.25) is 14.3 Å². The summed E-state index contributed by atoms with van der Waals surface area (Å²) in [6.45, 7) is 10.5. The molecule has 0 unspecified atom stereocenters. The number of hydrogen-bond acceptors (Lipinski definition) is 7. The third-order valence-electron chi connectivity index (χ3n) is 5.23. The molecule has 2 aromatic heterocycles. The van der Waals surface area contributed by atoms with Gasteiger partial charge < -0.3 is 4.74 Å². The van der Waals surface area contributed by atoms with Crippen LogP contribution in [0.2, 0.25) is 10.0 Å². The number of hydrogen-bond donors (Lipinski definition) is 1. The van der Waals surface area contributed by atoms with Crippen molar-refractivity contribution in [3.05, 3.63) is 64.0 Å². The summed E-state index contributed by atoms with van der Waals surface area (Å²) < 4.78 is 36.5. The molecule has 0 amide bonds. The average Bonchev–Trinajstić information content (AvgIpc) is 3.23. The van der Waals surface area contributed by atoms with Crippen LogP contribution in [0.4, 0.5) is 5.95 Å². The number of nitrogens with one attached hydrogen (secondary N) is 1. The summed E-state index contributed by atoms with van der Waals surface area (Å²) in [5, 5.41) is 7.74. The number of rotatable bonds is 9. The van der Waals surface area contributed by atoms with Crippen molar-refractivity contribution in [1.82, 2.24) is 19.7 Å². The Kier molecular flexibility index (Phi) is 9.19. The molecule has 1 aromatic carbocycles. The Hall–Kier alpha value is -3.12. The minimum Gasteiger partial charge on any atom is -0.372 e. The lowest BCUT2D eigenvalue weighted by atomic mass is 10.2. The van der Waals surface area contributed by atoms with Crippen LogP contribution in [0, 0.1) is 6.92 Å². The number of sulfonamides is 1. The Labute approximate surface area is 226 Å². The van der Waals surface area contributed by atoms with Crippen molar-refractivity contribution in [3.8, 4) is 17.1 Å². The molecule has 0 spiro atoms. The number of benzene rings is 1. The third-order valence-corrected chi connectivity index (χ3v) is 7.54. The van der Waals surface area contributed by atoms with E-state index in [2.05, 4.69) is 36.6 Å². The molecule has 3 rings (SSSR count).